The summed E-state index contributed by atoms with van der Waals surface area (Å²) in [6.45, 7) is 8.10. The van der Waals surface area contributed by atoms with Gasteiger partial charge in [0.15, 0.2) is 0 Å². The molecule has 1 aromatic carbocycles. The summed E-state index contributed by atoms with van der Waals surface area (Å²) in [6.07, 6.45) is 0. The summed E-state index contributed by atoms with van der Waals surface area (Å²) in [6, 6.07) is 10.9. The van der Waals surface area contributed by atoms with E-state index in [1.54, 1.807) is 31.2 Å². The quantitative estimate of drug-likeness (QED) is 0.910. The first-order valence-corrected chi connectivity index (χ1v) is 8.73. The number of carbonyl (C=O) groups excluding carboxylic acids is 1. The number of carbonyl (C=O) groups is 1. The van der Waals surface area contributed by atoms with Crippen molar-refractivity contribution in [1.29, 1.82) is 5.26 Å². The number of piperazine rings is 1. The average molecular weight is 350 g/mol. The maximum Gasteiger partial charge on any atom is 0.272 e. The Morgan fingerprint density at radius 1 is 1.23 bits per heavy atom. The van der Waals surface area contributed by atoms with Crippen molar-refractivity contribution in [3.05, 3.63) is 47.4 Å². The molecule has 1 saturated heterocycles. The molecule has 134 valence electrons. The van der Waals surface area contributed by atoms with Gasteiger partial charge in [-0.2, -0.15) is 5.26 Å². The van der Waals surface area contributed by atoms with Crippen molar-refractivity contribution in [1.82, 2.24) is 19.8 Å². The summed E-state index contributed by atoms with van der Waals surface area (Å²) < 4.78 is 0. The molecular formula is C19H22N6O. The Kier molecular flexibility index (Phi) is 5.44. The van der Waals surface area contributed by atoms with Crippen LogP contribution in [0.1, 0.15) is 28.8 Å². The number of aryl methyl sites for hydroxylation is 1. The zero-order valence-corrected chi connectivity index (χ0v) is 15.1. The van der Waals surface area contributed by atoms with Gasteiger partial charge in [-0.25, -0.2) is 9.97 Å². The van der Waals surface area contributed by atoms with Crippen LogP contribution in [0.3, 0.4) is 0 Å². The maximum atomic E-state index is 12.8. The van der Waals surface area contributed by atoms with Crippen molar-refractivity contribution in [2.24, 2.45) is 0 Å². The molecule has 2 aromatic rings. The highest BCUT2D eigenvalue weighted by Gasteiger charge is 2.23. The fourth-order valence-electron chi connectivity index (χ4n) is 2.98. The van der Waals surface area contributed by atoms with Gasteiger partial charge in [0.1, 0.15) is 17.3 Å². The van der Waals surface area contributed by atoms with Crippen molar-refractivity contribution in [3.63, 3.8) is 0 Å². The average Bonchev–Trinajstić information content (AvgIpc) is 2.67. The minimum atomic E-state index is -0.0694. The van der Waals surface area contributed by atoms with E-state index in [9.17, 15) is 4.79 Å². The number of nitrogens with one attached hydrogen (secondary N) is 1. The molecule has 0 unspecified atom stereocenters. The Bertz CT molecular complexity index is 836. The van der Waals surface area contributed by atoms with Gasteiger partial charge >= 0.3 is 0 Å². The van der Waals surface area contributed by atoms with Crippen LogP contribution in [0.5, 0.6) is 0 Å². The molecule has 0 atom stereocenters. The second kappa shape index (κ2) is 7.93. The van der Waals surface area contributed by atoms with E-state index in [4.69, 9.17) is 5.26 Å². The minimum Gasteiger partial charge on any atom is -0.340 e. The number of amides is 1. The largest absolute Gasteiger partial charge is 0.340 e. The Labute approximate surface area is 153 Å². The Hall–Kier alpha value is -2.98. The summed E-state index contributed by atoms with van der Waals surface area (Å²) in [4.78, 5) is 25.6. The van der Waals surface area contributed by atoms with Crippen LogP contribution in [0.25, 0.3) is 0 Å². The van der Waals surface area contributed by atoms with E-state index in [2.05, 4.69) is 33.2 Å². The molecule has 7 nitrogen and oxygen atoms in total. The van der Waals surface area contributed by atoms with E-state index in [1.165, 1.54) is 0 Å². The van der Waals surface area contributed by atoms with Crippen LogP contribution in [0.2, 0.25) is 0 Å². The second-order valence-electron chi connectivity index (χ2n) is 6.23. The van der Waals surface area contributed by atoms with E-state index in [0.29, 0.717) is 36.0 Å². The first-order chi connectivity index (χ1) is 12.6. The third-order valence-corrected chi connectivity index (χ3v) is 4.43. The smallest absolute Gasteiger partial charge is 0.272 e. The van der Waals surface area contributed by atoms with Gasteiger partial charge in [0.2, 0.25) is 0 Å². The molecule has 0 bridgehead atoms. The Morgan fingerprint density at radius 3 is 2.69 bits per heavy atom. The van der Waals surface area contributed by atoms with E-state index in [1.807, 2.05) is 11.0 Å². The highest BCUT2D eigenvalue weighted by atomic mass is 16.2. The lowest BCUT2D eigenvalue weighted by atomic mass is 10.2. The molecule has 1 aliphatic heterocycles. The van der Waals surface area contributed by atoms with E-state index in [-0.39, 0.29) is 5.91 Å². The molecule has 0 radical (unpaired) electrons. The molecule has 3 rings (SSSR count). The molecule has 1 aliphatic rings. The van der Waals surface area contributed by atoms with Crippen LogP contribution in [0.15, 0.2) is 30.3 Å². The number of nitrogens with zero attached hydrogens (tertiary/aromatic N) is 5. The number of hydrogen-bond acceptors (Lipinski definition) is 6. The number of nitriles is 1. The van der Waals surface area contributed by atoms with E-state index < -0.39 is 0 Å². The van der Waals surface area contributed by atoms with Crippen molar-refractivity contribution in [2.45, 2.75) is 13.8 Å². The molecular weight excluding hydrogens is 328 g/mol. The van der Waals surface area contributed by atoms with Gasteiger partial charge in [-0.15, -0.1) is 0 Å². The van der Waals surface area contributed by atoms with Crippen LogP contribution < -0.4 is 5.32 Å². The summed E-state index contributed by atoms with van der Waals surface area (Å²) in [5.74, 6) is 1.00. The van der Waals surface area contributed by atoms with Crippen LogP contribution in [0.4, 0.5) is 11.5 Å². The molecule has 2 heterocycles. The molecule has 0 spiro atoms. The molecule has 1 N–H and O–H groups in total. The molecule has 1 fully saturated rings. The van der Waals surface area contributed by atoms with Crippen molar-refractivity contribution in [2.75, 3.05) is 38.0 Å². The molecule has 0 saturated carbocycles. The highest BCUT2D eigenvalue weighted by Crippen LogP contribution is 2.18. The lowest BCUT2D eigenvalue weighted by molar-refractivity contribution is 0.0637. The van der Waals surface area contributed by atoms with Crippen molar-refractivity contribution in [3.8, 4) is 6.07 Å². The normalized spacial score (nSPS) is 14.7. The standard InChI is InChI=1S/C19H22N6O/c1-3-24-7-9-25(10-8-24)19(26)17-12-18(22-14(2)21-17)23-16-6-4-5-15(11-16)13-20/h4-6,11-12H,3,7-10H2,1-2H3,(H,21,22,23). The lowest BCUT2D eigenvalue weighted by Crippen LogP contribution is -2.48. The third-order valence-electron chi connectivity index (χ3n) is 4.43. The number of hydrogen-bond donors (Lipinski definition) is 1. The summed E-state index contributed by atoms with van der Waals surface area (Å²) >= 11 is 0. The second-order valence-corrected chi connectivity index (χ2v) is 6.23. The topological polar surface area (TPSA) is 85.1 Å². The Balaban J connectivity index is 1.77. The molecule has 7 heteroatoms. The van der Waals surface area contributed by atoms with Crippen molar-refractivity contribution < 1.29 is 4.79 Å². The third kappa shape index (κ3) is 4.16. The predicted molar refractivity (Wildman–Crippen MR) is 99.2 cm³/mol. The van der Waals surface area contributed by atoms with Gasteiger partial charge in [0.05, 0.1) is 11.6 Å². The minimum absolute atomic E-state index is 0.0694. The Morgan fingerprint density at radius 2 is 2.00 bits per heavy atom. The van der Waals surface area contributed by atoms with Crippen LogP contribution in [-0.4, -0.2) is 58.4 Å². The highest BCUT2D eigenvalue weighted by molar-refractivity contribution is 5.93. The van der Waals surface area contributed by atoms with Gasteiger partial charge in [-0.1, -0.05) is 13.0 Å². The first-order valence-electron chi connectivity index (χ1n) is 8.73. The van der Waals surface area contributed by atoms with Gasteiger partial charge in [-0.3, -0.25) is 4.79 Å². The van der Waals surface area contributed by atoms with Crippen LogP contribution in [-0.2, 0) is 0 Å². The molecule has 1 aromatic heterocycles. The molecule has 1 amide bonds. The summed E-state index contributed by atoms with van der Waals surface area (Å²) in [5, 5.41) is 12.2. The van der Waals surface area contributed by atoms with Crippen LogP contribution in [0, 0.1) is 18.3 Å². The number of rotatable bonds is 4. The fraction of sp³-hybridized carbons (Fsp3) is 0.368. The fourth-order valence-corrected chi connectivity index (χ4v) is 2.98. The number of anilines is 2. The van der Waals surface area contributed by atoms with E-state index in [0.717, 1.165) is 25.3 Å². The maximum absolute atomic E-state index is 12.8. The van der Waals surface area contributed by atoms with Gasteiger partial charge in [0.25, 0.3) is 5.91 Å². The number of likely N-dealkylation sites (N-methyl/N-ethyl adjacent to an activating group) is 1. The monoisotopic (exact) mass is 350 g/mol. The van der Waals surface area contributed by atoms with Crippen LogP contribution >= 0.6 is 0 Å². The van der Waals surface area contributed by atoms with Gasteiger partial charge < -0.3 is 15.1 Å². The van der Waals surface area contributed by atoms with Crippen molar-refractivity contribution >= 4 is 17.4 Å². The summed E-state index contributed by atoms with van der Waals surface area (Å²) in [7, 11) is 0. The SMILES string of the molecule is CCN1CCN(C(=O)c2cc(Nc3cccc(C#N)c3)nc(C)n2)CC1. The predicted octanol–water partition coefficient (Wildman–Crippen LogP) is 2.18. The van der Waals surface area contributed by atoms with E-state index >= 15 is 0 Å². The van der Waals surface area contributed by atoms with Gasteiger partial charge in [-0.05, 0) is 31.7 Å². The number of aromatic nitrogens is 2. The zero-order valence-electron chi connectivity index (χ0n) is 15.1. The lowest BCUT2D eigenvalue weighted by Gasteiger charge is -2.33. The molecule has 0 aliphatic carbocycles. The summed E-state index contributed by atoms with van der Waals surface area (Å²) in [5.41, 5.74) is 1.70. The zero-order chi connectivity index (χ0) is 18.5. The molecule has 26 heavy (non-hydrogen) atoms. The van der Waals surface area contributed by atoms with Gasteiger partial charge in [0, 0.05) is 37.9 Å². The number of benzene rings is 1. The first kappa shape index (κ1) is 17.8.